The van der Waals surface area contributed by atoms with Gasteiger partial charge in [0, 0.05) is 22.7 Å². The summed E-state index contributed by atoms with van der Waals surface area (Å²) in [6.45, 7) is 2.36. The number of aromatic nitrogens is 5. The molecule has 5 rings (SSSR count). The largest absolute Gasteiger partial charge is 0.488 e. The molecule has 0 aliphatic carbocycles. The highest BCUT2D eigenvalue weighted by Crippen LogP contribution is 2.31. The van der Waals surface area contributed by atoms with Crippen molar-refractivity contribution in [1.82, 2.24) is 25.6 Å². The molecule has 0 aliphatic rings. The first kappa shape index (κ1) is 19.8. The van der Waals surface area contributed by atoms with Crippen molar-refractivity contribution >= 4 is 10.9 Å². The molecule has 0 bridgehead atoms. The van der Waals surface area contributed by atoms with E-state index in [1.807, 2.05) is 67.6 Å². The Kier molecular flexibility index (Phi) is 5.29. The summed E-state index contributed by atoms with van der Waals surface area (Å²) in [6, 6.07) is 22.9. The number of H-pyrrole nitrogens is 1. The number of pyridine rings is 1. The van der Waals surface area contributed by atoms with E-state index in [4.69, 9.17) is 4.74 Å². The molecule has 0 atom stereocenters. The lowest BCUT2D eigenvalue weighted by molar-refractivity contribution is 0.309. The quantitative estimate of drug-likeness (QED) is 0.396. The van der Waals surface area contributed by atoms with Crippen LogP contribution in [0.3, 0.4) is 0 Å². The van der Waals surface area contributed by atoms with E-state index in [0.29, 0.717) is 35.5 Å². The fraction of sp³-hybridized carbons (Fsp3) is 0.120. The molecule has 0 unspecified atom stereocenters. The van der Waals surface area contributed by atoms with Gasteiger partial charge in [0.2, 0.25) is 5.82 Å². The van der Waals surface area contributed by atoms with E-state index < -0.39 is 0 Å². The van der Waals surface area contributed by atoms with Crippen LogP contribution in [-0.4, -0.2) is 25.6 Å². The molecule has 0 amide bonds. The number of benzene rings is 3. The van der Waals surface area contributed by atoms with Gasteiger partial charge in [0.1, 0.15) is 23.7 Å². The second kappa shape index (κ2) is 8.55. The predicted octanol–water partition coefficient (Wildman–Crippen LogP) is 5.36. The Morgan fingerprint density at radius 3 is 2.50 bits per heavy atom. The summed E-state index contributed by atoms with van der Waals surface area (Å²) in [6.07, 6.45) is 0.703. The molecule has 2 aromatic heterocycles. The maximum Gasteiger partial charge on any atom is 0.205 e. The summed E-state index contributed by atoms with van der Waals surface area (Å²) in [5, 5.41) is 15.0. The Bertz CT molecular complexity index is 1370. The Hall–Kier alpha value is -4.13. The van der Waals surface area contributed by atoms with Gasteiger partial charge in [-0.2, -0.15) is 5.21 Å². The van der Waals surface area contributed by atoms with Crippen LogP contribution in [0.25, 0.3) is 33.4 Å². The highest BCUT2D eigenvalue weighted by Gasteiger charge is 2.12. The molecule has 5 aromatic rings. The van der Waals surface area contributed by atoms with Crippen molar-refractivity contribution in [3.05, 3.63) is 89.9 Å². The van der Waals surface area contributed by atoms with Crippen molar-refractivity contribution in [2.45, 2.75) is 20.0 Å². The summed E-state index contributed by atoms with van der Waals surface area (Å²) >= 11 is 0. The Morgan fingerprint density at radius 2 is 1.75 bits per heavy atom. The molecule has 0 spiro atoms. The number of nitrogens with zero attached hydrogens (tertiary/aromatic N) is 4. The Labute approximate surface area is 184 Å². The van der Waals surface area contributed by atoms with Gasteiger partial charge in [0.05, 0.1) is 0 Å². The van der Waals surface area contributed by atoms with Crippen LogP contribution in [0.4, 0.5) is 4.39 Å². The zero-order valence-electron chi connectivity index (χ0n) is 17.4. The smallest absolute Gasteiger partial charge is 0.205 e. The molecular formula is C25H20FN5O. The van der Waals surface area contributed by atoms with Gasteiger partial charge in [-0.1, -0.05) is 61.5 Å². The molecule has 6 nitrogen and oxygen atoms in total. The number of para-hydroxylation sites is 1. The number of rotatable bonds is 6. The molecule has 158 valence electrons. The van der Waals surface area contributed by atoms with Gasteiger partial charge < -0.3 is 4.74 Å². The number of aryl methyl sites for hydroxylation is 1. The van der Waals surface area contributed by atoms with Crippen molar-refractivity contribution in [1.29, 1.82) is 0 Å². The predicted molar refractivity (Wildman–Crippen MR) is 120 cm³/mol. The second-order valence-corrected chi connectivity index (χ2v) is 7.37. The third kappa shape index (κ3) is 3.80. The molecule has 0 fully saturated rings. The average molecular weight is 425 g/mol. The molecule has 0 saturated heterocycles. The van der Waals surface area contributed by atoms with Crippen LogP contribution in [0.2, 0.25) is 0 Å². The van der Waals surface area contributed by atoms with Crippen LogP contribution in [0, 0.1) is 5.82 Å². The van der Waals surface area contributed by atoms with Gasteiger partial charge >= 0.3 is 0 Å². The Morgan fingerprint density at radius 1 is 0.938 bits per heavy atom. The lowest BCUT2D eigenvalue weighted by Crippen LogP contribution is -1.99. The zero-order valence-corrected chi connectivity index (χ0v) is 17.4. The lowest BCUT2D eigenvalue weighted by Gasteiger charge is -2.12. The van der Waals surface area contributed by atoms with Gasteiger partial charge in [0.25, 0.3) is 0 Å². The third-order valence-electron chi connectivity index (χ3n) is 5.34. The molecule has 3 aromatic carbocycles. The van der Waals surface area contributed by atoms with Gasteiger partial charge in [-0.05, 0) is 40.5 Å². The first-order valence-corrected chi connectivity index (χ1v) is 10.4. The van der Waals surface area contributed by atoms with E-state index in [9.17, 15) is 4.39 Å². The number of ether oxygens (including phenoxy) is 1. The van der Waals surface area contributed by atoms with Gasteiger partial charge in [-0.3, -0.25) is 0 Å². The minimum absolute atomic E-state index is 0.340. The first-order chi connectivity index (χ1) is 15.7. The maximum atomic E-state index is 14.3. The van der Waals surface area contributed by atoms with Crippen LogP contribution in [0.15, 0.2) is 72.8 Å². The molecule has 1 N–H and O–H groups in total. The van der Waals surface area contributed by atoms with Crippen molar-refractivity contribution in [2.24, 2.45) is 0 Å². The average Bonchev–Trinajstić information content (AvgIpc) is 3.38. The summed E-state index contributed by atoms with van der Waals surface area (Å²) < 4.78 is 20.3. The van der Waals surface area contributed by atoms with Crippen molar-refractivity contribution in [3.63, 3.8) is 0 Å². The molecule has 2 heterocycles. The fourth-order valence-corrected chi connectivity index (χ4v) is 3.68. The van der Waals surface area contributed by atoms with E-state index in [2.05, 4.69) is 25.6 Å². The maximum absolute atomic E-state index is 14.3. The molecule has 32 heavy (non-hydrogen) atoms. The number of aromatic amines is 1. The third-order valence-corrected chi connectivity index (χ3v) is 5.34. The van der Waals surface area contributed by atoms with Gasteiger partial charge in [-0.25, -0.2) is 9.37 Å². The number of fused-ring (bicyclic) bond motifs is 1. The summed E-state index contributed by atoms with van der Waals surface area (Å²) in [7, 11) is 0. The summed E-state index contributed by atoms with van der Waals surface area (Å²) in [5.74, 6) is 0.849. The number of hydrogen-bond acceptors (Lipinski definition) is 5. The Balaban J connectivity index is 1.40. The highest BCUT2D eigenvalue weighted by molar-refractivity contribution is 5.85. The van der Waals surface area contributed by atoms with Crippen LogP contribution < -0.4 is 4.74 Å². The summed E-state index contributed by atoms with van der Waals surface area (Å²) in [4.78, 5) is 4.41. The van der Waals surface area contributed by atoms with Crippen LogP contribution in [0.5, 0.6) is 5.75 Å². The second-order valence-electron chi connectivity index (χ2n) is 7.37. The SMILES string of the molecule is CCc1cc(OCc2ccc(-c3ccccc3-c3nn[nH]n3)cc2)c2cccc(F)c2n1. The normalized spacial score (nSPS) is 11.1. The molecule has 0 radical (unpaired) electrons. The molecule has 0 saturated carbocycles. The fourth-order valence-electron chi connectivity index (χ4n) is 3.68. The zero-order chi connectivity index (χ0) is 21.9. The minimum Gasteiger partial charge on any atom is -0.488 e. The van der Waals surface area contributed by atoms with E-state index in [1.165, 1.54) is 6.07 Å². The van der Waals surface area contributed by atoms with Gasteiger partial charge in [0.15, 0.2) is 0 Å². The van der Waals surface area contributed by atoms with E-state index >= 15 is 0 Å². The van der Waals surface area contributed by atoms with Gasteiger partial charge in [-0.15, -0.1) is 10.2 Å². The number of halogens is 1. The molecular weight excluding hydrogens is 405 g/mol. The van der Waals surface area contributed by atoms with Crippen molar-refractivity contribution in [2.75, 3.05) is 0 Å². The standard InChI is InChI=1S/C25H20FN5O/c1-2-18-14-23(21-8-5-9-22(26)24(21)27-18)32-15-16-10-12-17(13-11-16)19-6-3-4-7-20(19)25-28-30-31-29-25/h3-14H,2,15H2,1H3,(H,28,29,30,31). The molecule has 7 heteroatoms. The van der Waals surface area contributed by atoms with E-state index in [1.54, 1.807) is 6.07 Å². The minimum atomic E-state index is -0.340. The number of tetrazole rings is 1. The van der Waals surface area contributed by atoms with Crippen molar-refractivity contribution < 1.29 is 9.13 Å². The number of hydrogen-bond donors (Lipinski definition) is 1. The number of nitrogens with one attached hydrogen (secondary N) is 1. The van der Waals surface area contributed by atoms with Crippen molar-refractivity contribution in [3.8, 4) is 28.3 Å². The topological polar surface area (TPSA) is 76.6 Å². The molecule has 0 aliphatic heterocycles. The van der Waals surface area contributed by atoms with E-state index in [0.717, 1.165) is 27.9 Å². The monoisotopic (exact) mass is 425 g/mol. The van der Waals surface area contributed by atoms with Crippen LogP contribution in [0.1, 0.15) is 18.2 Å². The van der Waals surface area contributed by atoms with Crippen LogP contribution >= 0.6 is 0 Å². The first-order valence-electron chi connectivity index (χ1n) is 10.4. The lowest BCUT2D eigenvalue weighted by atomic mass is 9.98. The highest BCUT2D eigenvalue weighted by atomic mass is 19.1. The van der Waals surface area contributed by atoms with Crippen LogP contribution in [-0.2, 0) is 13.0 Å². The van der Waals surface area contributed by atoms with E-state index in [-0.39, 0.29) is 5.82 Å². The summed E-state index contributed by atoms with van der Waals surface area (Å²) in [5.41, 5.74) is 5.11.